The van der Waals surface area contributed by atoms with E-state index in [9.17, 15) is 9.18 Å². The lowest BCUT2D eigenvalue weighted by Gasteiger charge is -2.20. The maximum Gasteiger partial charge on any atom is 0.256 e. The van der Waals surface area contributed by atoms with Crippen LogP contribution in [0.25, 0.3) is 0 Å². The number of carbonyl (C=O) groups is 1. The highest BCUT2D eigenvalue weighted by Crippen LogP contribution is 2.19. The second-order valence-corrected chi connectivity index (χ2v) is 4.99. The SMILES string of the molecule is CN(C)CCN(C)C(=O)c1cccc(Br)c1F. The van der Waals surface area contributed by atoms with Gasteiger partial charge in [-0.1, -0.05) is 6.07 Å². The van der Waals surface area contributed by atoms with Gasteiger partial charge < -0.3 is 9.80 Å². The van der Waals surface area contributed by atoms with Crippen LogP contribution in [-0.2, 0) is 0 Å². The molecule has 0 spiro atoms. The highest BCUT2D eigenvalue weighted by molar-refractivity contribution is 9.10. The standard InChI is InChI=1S/C12H16BrFN2O/c1-15(2)7-8-16(3)12(17)9-5-4-6-10(13)11(9)14/h4-6H,7-8H2,1-3H3. The highest BCUT2D eigenvalue weighted by atomic mass is 79.9. The molecule has 0 aliphatic rings. The van der Waals surface area contributed by atoms with Gasteiger partial charge >= 0.3 is 0 Å². The molecule has 0 atom stereocenters. The average Bonchev–Trinajstić information content (AvgIpc) is 2.28. The Balaban J connectivity index is 2.78. The summed E-state index contributed by atoms with van der Waals surface area (Å²) >= 11 is 3.07. The third kappa shape index (κ3) is 3.78. The first-order valence-electron chi connectivity index (χ1n) is 5.27. The van der Waals surface area contributed by atoms with Crippen LogP contribution in [0.2, 0.25) is 0 Å². The van der Waals surface area contributed by atoms with E-state index in [1.54, 1.807) is 19.2 Å². The Bertz CT molecular complexity index is 409. The summed E-state index contributed by atoms with van der Waals surface area (Å²) in [4.78, 5) is 15.5. The van der Waals surface area contributed by atoms with Crippen LogP contribution in [-0.4, -0.2) is 49.9 Å². The molecule has 1 aromatic carbocycles. The Labute approximate surface area is 109 Å². The average molecular weight is 303 g/mol. The van der Waals surface area contributed by atoms with E-state index in [2.05, 4.69) is 15.9 Å². The first kappa shape index (κ1) is 14.1. The fourth-order valence-corrected chi connectivity index (χ4v) is 1.69. The molecule has 0 aromatic heterocycles. The molecule has 5 heteroatoms. The van der Waals surface area contributed by atoms with Gasteiger partial charge in [0.25, 0.3) is 5.91 Å². The van der Waals surface area contributed by atoms with E-state index >= 15 is 0 Å². The maximum absolute atomic E-state index is 13.7. The molecule has 1 rings (SSSR count). The largest absolute Gasteiger partial charge is 0.340 e. The van der Waals surface area contributed by atoms with Gasteiger partial charge in [-0.3, -0.25) is 4.79 Å². The van der Waals surface area contributed by atoms with Crippen molar-refractivity contribution < 1.29 is 9.18 Å². The Hall–Kier alpha value is -0.940. The van der Waals surface area contributed by atoms with Gasteiger partial charge in [0.2, 0.25) is 0 Å². The van der Waals surface area contributed by atoms with Crippen LogP contribution in [0, 0.1) is 5.82 Å². The van der Waals surface area contributed by atoms with Crippen molar-refractivity contribution in [3.63, 3.8) is 0 Å². The summed E-state index contributed by atoms with van der Waals surface area (Å²) < 4.78 is 14.0. The maximum atomic E-state index is 13.7. The van der Waals surface area contributed by atoms with Crippen molar-refractivity contribution >= 4 is 21.8 Å². The van der Waals surface area contributed by atoms with E-state index in [1.165, 1.54) is 11.0 Å². The molecule has 3 nitrogen and oxygen atoms in total. The van der Waals surface area contributed by atoms with E-state index in [-0.39, 0.29) is 11.5 Å². The minimum absolute atomic E-state index is 0.0978. The monoisotopic (exact) mass is 302 g/mol. The highest BCUT2D eigenvalue weighted by Gasteiger charge is 2.17. The first-order chi connectivity index (χ1) is 7.93. The molecule has 0 aliphatic heterocycles. The molecular formula is C12H16BrFN2O. The van der Waals surface area contributed by atoms with Crippen molar-refractivity contribution in [3.8, 4) is 0 Å². The number of benzene rings is 1. The van der Waals surface area contributed by atoms with Crippen LogP contribution in [0.4, 0.5) is 4.39 Å². The molecule has 0 fully saturated rings. The van der Waals surface area contributed by atoms with E-state index in [0.29, 0.717) is 11.0 Å². The molecule has 0 saturated heterocycles. The zero-order valence-corrected chi connectivity index (χ0v) is 11.8. The summed E-state index contributed by atoms with van der Waals surface area (Å²) in [5.74, 6) is -0.806. The van der Waals surface area contributed by atoms with Gasteiger partial charge in [-0.2, -0.15) is 0 Å². The predicted octanol–water partition coefficient (Wildman–Crippen LogP) is 2.22. The lowest BCUT2D eigenvalue weighted by Crippen LogP contribution is -2.33. The van der Waals surface area contributed by atoms with E-state index in [0.717, 1.165) is 6.54 Å². The van der Waals surface area contributed by atoms with Crippen molar-refractivity contribution in [2.75, 3.05) is 34.2 Å². The summed E-state index contributed by atoms with van der Waals surface area (Å²) in [6.07, 6.45) is 0. The minimum atomic E-state index is -0.505. The van der Waals surface area contributed by atoms with Crippen LogP contribution in [0.15, 0.2) is 22.7 Å². The van der Waals surface area contributed by atoms with E-state index in [1.807, 2.05) is 19.0 Å². The summed E-state index contributed by atoms with van der Waals surface area (Å²) in [5.41, 5.74) is 0.0978. The van der Waals surface area contributed by atoms with Crippen LogP contribution >= 0.6 is 15.9 Å². The van der Waals surface area contributed by atoms with Crippen molar-refractivity contribution in [1.82, 2.24) is 9.80 Å². The third-order valence-corrected chi connectivity index (χ3v) is 3.02. The summed E-state index contributed by atoms with van der Waals surface area (Å²) in [5, 5.41) is 0. The van der Waals surface area contributed by atoms with E-state index in [4.69, 9.17) is 0 Å². The summed E-state index contributed by atoms with van der Waals surface area (Å²) in [6.45, 7) is 1.32. The molecule has 0 unspecified atom stereocenters. The molecule has 0 saturated carbocycles. The molecule has 17 heavy (non-hydrogen) atoms. The molecule has 94 valence electrons. The molecule has 0 heterocycles. The summed E-state index contributed by atoms with van der Waals surface area (Å²) in [6, 6.07) is 4.72. The molecule has 1 amide bonds. The molecule has 0 radical (unpaired) electrons. The second-order valence-electron chi connectivity index (χ2n) is 4.13. The van der Waals surface area contributed by atoms with Crippen LogP contribution in [0.1, 0.15) is 10.4 Å². The van der Waals surface area contributed by atoms with Gasteiger partial charge in [-0.25, -0.2) is 4.39 Å². The number of carbonyl (C=O) groups excluding carboxylic acids is 1. The molecule has 1 aromatic rings. The zero-order chi connectivity index (χ0) is 13.0. The second kappa shape index (κ2) is 6.12. The third-order valence-electron chi connectivity index (χ3n) is 2.41. The first-order valence-corrected chi connectivity index (χ1v) is 6.07. The van der Waals surface area contributed by atoms with Crippen molar-refractivity contribution in [2.45, 2.75) is 0 Å². The fourth-order valence-electron chi connectivity index (χ4n) is 1.33. The van der Waals surface area contributed by atoms with Crippen LogP contribution in [0.5, 0.6) is 0 Å². The van der Waals surface area contributed by atoms with E-state index < -0.39 is 5.82 Å². The lowest BCUT2D eigenvalue weighted by atomic mass is 10.2. The number of nitrogens with zero attached hydrogens (tertiary/aromatic N) is 2. The molecule has 0 bridgehead atoms. The number of amides is 1. The number of hydrogen-bond acceptors (Lipinski definition) is 2. The normalized spacial score (nSPS) is 10.7. The lowest BCUT2D eigenvalue weighted by molar-refractivity contribution is 0.0781. The van der Waals surface area contributed by atoms with Gasteiger partial charge in [0, 0.05) is 20.1 Å². The van der Waals surface area contributed by atoms with Gasteiger partial charge in [-0.15, -0.1) is 0 Å². The zero-order valence-electron chi connectivity index (χ0n) is 10.2. The van der Waals surface area contributed by atoms with Crippen molar-refractivity contribution in [2.24, 2.45) is 0 Å². The van der Waals surface area contributed by atoms with Crippen molar-refractivity contribution in [3.05, 3.63) is 34.1 Å². The quantitative estimate of drug-likeness (QED) is 0.851. The number of likely N-dealkylation sites (N-methyl/N-ethyl adjacent to an activating group) is 2. The van der Waals surface area contributed by atoms with Crippen molar-refractivity contribution in [1.29, 1.82) is 0 Å². The number of hydrogen-bond donors (Lipinski definition) is 0. The Kier molecular flexibility index (Phi) is 5.08. The van der Waals surface area contributed by atoms with Crippen LogP contribution < -0.4 is 0 Å². The number of halogens is 2. The van der Waals surface area contributed by atoms with Gasteiger partial charge in [0.1, 0.15) is 5.82 Å². The van der Waals surface area contributed by atoms with Gasteiger partial charge in [0.05, 0.1) is 10.0 Å². The van der Waals surface area contributed by atoms with Gasteiger partial charge in [-0.05, 0) is 42.2 Å². The van der Waals surface area contributed by atoms with Crippen LogP contribution in [0.3, 0.4) is 0 Å². The Morgan fingerprint density at radius 2 is 1.94 bits per heavy atom. The topological polar surface area (TPSA) is 23.6 Å². The Morgan fingerprint density at radius 1 is 1.29 bits per heavy atom. The number of rotatable bonds is 4. The molecule has 0 aliphatic carbocycles. The fraction of sp³-hybridized carbons (Fsp3) is 0.417. The molecule has 0 N–H and O–H groups in total. The smallest absolute Gasteiger partial charge is 0.256 e. The predicted molar refractivity (Wildman–Crippen MR) is 69.6 cm³/mol. The van der Waals surface area contributed by atoms with Gasteiger partial charge in [0.15, 0.2) is 0 Å². The minimum Gasteiger partial charge on any atom is -0.340 e. The Morgan fingerprint density at radius 3 is 2.53 bits per heavy atom. The summed E-state index contributed by atoms with van der Waals surface area (Å²) in [7, 11) is 5.53. The molecular weight excluding hydrogens is 287 g/mol.